The van der Waals surface area contributed by atoms with E-state index >= 15 is 0 Å². The number of hydrogen-bond acceptors (Lipinski definition) is 3. The summed E-state index contributed by atoms with van der Waals surface area (Å²) in [7, 11) is 0. The van der Waals surface area contributed by atoms with E-state index in [0.29, 0.717) is 0 Å². The van der Waals surface area contributed by atoms with Crippen LogP contribution in [0.25, 0.3) is 0 Å². The van der Waals surface area contributed by atoms with E-state index in [-0.39, 0.29) is 0 Å². The molecule has 1 aliphatic rings. The van der Waals surface area contributed by atoms with Gasteiger partial charge >= 0.3 is 0 Å². The number of nitrogens with two attached hydrogens (primary N) is 1. The number of rotatable bonds is 2. The van der Waals surface area contributed by atoms with Crippen LogP contribution in [0.4, 0.5) is 5.69 Å². The standard InChI is InChI=1S/C12H19N3/c1-9-7-14-11(10(2)12(9)13)8-15-5-3-4-6-15/h7H,3-6,8H2,1-2H3,(H2,13,14). The van der Waals surface area contributed by atoms with E-state index in [1.807, 2.05) is 13.1 Å². The largest absolute Gasteiger partial charge is 0.398 e. The first-order valence-electron chi connectivity index (χ1n) is 5.61. The molecule has 0 aliphatic carbocycles. The number of hydrogen-bond donors (Lipinski definition) is 1. The van der Waals surface area contributed by atoms with E-state index in [0.717, 1.165) is 29.1 Å². The highest BCUT2D eigenvalue weighted by molar-refractivity contribution is 5.53. The Morgan fingerprint density at radius 1 is 1.33 bits per heavy atom. The van der Waals surface area contributed by atoms with Gasteiger partial charge in [0, 0.05) is 18.4 Å². The summed E-state index contributed by atoms with van der Waals surface area (Å²) < 4.78 is 0. The van der Waals surface area contributed by atoms with Gasteiger partial charge in [0.1, 0.15) is 0 Å². The molecule has 1 fully saturated rings. The van der Waals surface area contributed by atoms with Gasteiger partial charge in [0.05, 0.1) is 5.69 Å². The third kappa shape index (κ3) is 2.12. The lowest BCUT2D eigenvalue weighted by Crippen LogP contribution is -2.20. The van der Waals surface area contributed by atoms with Crippen molar-refractivity contribution in [3.63, 3.8) is 0 Å². The molecule has 1 aliphatic heterocycles. The number of likely N-dealkylation sites (tertiary alicyclic amines) is 1. The summed E-state index contributed by atoms with van der Waals surface area (Å²) in [5, 5.41) is 0. The topological polar surface area (TPSA) is 42.2 Å². The fraction of sp³-hybridized carbons (Fsp3) is 0.583. The molecule has 2 rings (SSSR count). The minimum absolute atomic E-state index is 0.902. The van der Waals surface area contributed by atoms with Crippen LogP contribution in [0.1, 0.15) is 29.7 Å². The first kappa shape index (κ1) is 10.4. The quantitative estimate of drug-likeness (QED) is 0.801. The highest BCUT2D eigenvalue weighted by atomic mass is 15.1. The first-order chi connectivity index (χ1) is 7.18. The molecule has 15 heavy (non-hydrogen) atoms. The van der Waals surface area contributed by atoms with Crippen molar-refractivity contribution in [2.45, 2.75) is 33.2 Å². The van der Waals surface area contributed by atoms with Crippen molar-refractivity contribution in [3.05, 3.63) is 23.0 Å². The van der Waals surface area contributed by atoms with Gasteiger partial charge in [-0.3, -0.25) is 9.88 Å². The summed E-state index contributed by atoms with van der Waals surface area (Å²) in [6.07, 6.45) is 4.52. The summed E-state index contributed by atoms with van der Waals surface area (Å²) in [5.74, 6) is 0. The average Bonchev–Trinajstić information content (AvgIpc) is 2.72. The minimum Gasteiger partial charge on any atom is -0.398 e. The third-order valence-corrected chi connectivity index (χ3v) is 3.25. The Morgan fingerprint density at radius 3 is 2.67 bits per heavy atom. The van der Waals surface area contributed by atoms with Crippen LogP contribution < -0.4 is 5.73 Å². The molecule has 0 saturated carbocycles. The van der Waals surface area contributed by atoms with Gasteiger partial charge in [-0.1, -0.05) is 0 Å². The van der Waals surface area contributed by atoms with Crippen LogP contribution in [-0.2, 0) is 6.54 Å². The molecule has 2 N–H and O–H groups in total. The fourth-order valence-electron chi connectivity index (χ4n) is 2.10. The van der Waals surface area contributed by atoms with Crippen LogP contribution in [0.3, 0.4) is 0 Å². The summed E-state index contributed by atoms with van der Waals surface area (Å²) in [4.78, 5) is 6.93. The normalized spacial score (nSPS) is 17.2. The van der Waals surface area contributed by atoms with Gasteiger partial charge in [0.15, 0.2) is 0 Å². The SMILES string of the molecule is Cc1cnc(CN2CCCC2)c(C)c1N. The van der Waals surface area contributed by atoms with Crippen molar-refractivity contribution < 1.29 is 0 Å². The lowest BCUT2D eigenvalue weighted by atomic mass is 10.1. The van der Waals surface area contributed by atoms with Crippen molar-refractivity contribution in [1.82, 2.24) is 9.88 Å². The summed E-state index contributed by atoms with van der Waals surface area (Å²) in [6.45, 7) is 7.44. The number of aromatic nitrogens is 1. The summed E-state index contributed by atoms with van der Waals surface area (Å²) >= 11 is 0. The second kappa shape index (κ2) is 4.19. The molecule has 1 saturated heterocycles. The lowest BCUT2D eigenvalue weighted by Gasteiger charge is -2.16. The molecule has 2 heterocycles. The summed E-state index contributed by atoms with van der Waals surface area (Å²) in [5.41, 5.74) is 10.3. The van der Waals surface area contributed by atoms with E-state index in [1.54, 1.807) is 0 Å². The van der Waals surface area contributed by atoms with Crippen molar-refractivity contribution >= 4 is 5.69 Å². The van der Waals surface area contributed by atoms with Gasteiger partial charge in [-0.2, -0.15) is 0 Å². The number of nitrogens with zero attached hydrogens (tertiary/aromatic N) is 2. The number of nitrogen functional groups attached to an aromatic ring is 1. The molecule has 0 radical (unpaired) electrons. The maximum absolute atomic E-state index is 6.00. The molecule has 1 aromatic heterocycles. The fourth-order valence-corrected chi connectivity index (χ4v) is 2.10. The molecular weight excluding hydrogens is 186 g/mol. The molecule has 0 atom stereocenters. The Kier molecular flexibility index (Phi) is 2.91. The molecule has 0 amide bonds. The van der Waals surface area contributed by atoms with E-state index < -0.39 is 0 Å². The van der Waals surface area contributed by atoms with Crippen LogP contribution in [0.2, 0.25) is 0 Å². The zero-order chi connectivity index (χ0) is 10.8. The molecule has 3 nitrogen and oxygen atoms in total. The van der Waals surface area contributed by atoms with Crippen molar-refractivity contribution in [1.29, 1.82) is 0 Å². The van der Waals surface area contributed by atoms with Gasteiger partial charge < -0.3 is 5.73 Å². The third-order valence-electron chi connectivity index (χ3n) is 3.25. The number of pyridine rings is 1. The molecular formula is C12H19N3. The van der Waals surface area contributed by atoms with Crippen molar-refractivity contribution in [3.8, 4) is 0 Å². The smallest absolute Gasteiger partial charge is 0.0593 e. The van der Waals surface area contributed by atoms with Crippen LogP contribution in [-0.4, -0.2) is 23.0 Å². The van der Waals surface area contributed by atoms with Gasteiger partial charge in [-0.25, -0.2) is 0 Å². The van der Waals surface area contributed by atoms with E-state index in [2.05, 4.69) is 16.8 Å². The van der Waals surface area contributed by atoms with Crippen LogP contribution in [0, 0.1) is 13.8 Å². The molecule has 0 unspecified atom stereocenters. The van der Waals surface area contributed by atoms with Crippen LogP contribution in [0.15, 0.2) is 6.20 Å². The van der Waals surface area contributed by atoms with Gasteiger partial charge in [-0.05, 0) is 50.9 Å². The maximum Gasteiger partial charge on any atom is 0.0593 e. The van der Waals surface area contributed by atoms with Gasteiger partial charge in [-0.15, -0.1) is 0 Å². The van der Waals surface area contributed by atoms with Crippen molar-refractivity contribution in [2.24, 2.45) is 0 Å². The predicted octanol–water partition coefficient (Wildman–Crippen LogP) is 1.88. The molecule has 82 valence electrons. The second-order valence-corrected chi connectivity index (χ2v) is 4.41. The zero-order valence-corrected chi connectivity index (χ0v) is 9.58. The van der Waals surface area contributed by atoms with E-state index in [9.17, 15) is 0 Å². The molecule has 3 heteroatoms. The Hall–Kier alpha value is -1.09. The molecule has 0 aromatic carbocycles. The lowest BCUT2D eigenvalue weighted by molar-refractivity contribution is 0.326. The first-order valence-corrected chi connectivity index (χ1v) is 5.61. The minimum atomic E-state index is 0.902. The Balaban J connectivity index is 2.17. The maximum atomic E-state index is 6.00. The second-order valence-electron chi connectivity index (χ2n) is 4.41. The Morgan fingerprint density at radius 2 is 2.00 bits per heavy atom. The van der Waals surface area contributed by atoms with Gasteiger partial charge in [0.25, 0.3) is 0 Å². The molecule has 0 spiro atoms. The Labute approximate surface area is 91.3 Å². The van der Waals surface area contributed by atoms with Crippen LogP contribution >= 0.6 is 0 Å². The van der Waals surface area contributed by atoms with Crippen molar-refractivity contribution in [2.75, 3.05) is 18.8 Å². The number of aryl methyl sites for hydroxylation is 1. The zero-order valence-electron chi connectivity index (χ0n) is 9.58. The summed E-state index contributed by atoms with van der Waals surface area (Å²) in [6, 6.07) is 0. The van der Waals surface area contributed by atoms with E-state index in [1.165, 1.54) is 25.9 Å². The monoisotopic (exact) mass is 205 g/mol. The Bertz CT molecular complexity index is 354. The molecule has 0 bridgehead atoms. The van der Waals surface area contributed by atoms with Gasteiger partial charge in [0.2, 0.25) is 0 Å². The van der Waals surface area contributed by atoms with Crippen LogP contribution in [0.5, 0.6) is 0 Å². The molecule has 1 aromatic rings. The highest BCUT2D eigenvalue weighted by Crippen LogP contribution is 2.20. The average molecular weight is 205 g/mol. The predicted molar refractivity (Wildman–Crippen MR) is 62.6 cm³/mol. The highest BCUT2D eigenvalue weighted by Gasteiger charge is 2.14. The number of anilines is 1. The van der Waals surface area contributed by atoms with E-state index in [4.69, 9.17) is 5.73 Å².